The number of hydrogen-bond donors (Lipinski definition) is 1. The molecular formula is C26H27NO4S2. The van der Waals surface area contributed by atoms with Gasteiger partial charge in [0.1, 0.15) is 10.9 Å². The van der Waals surface area contributed by atoms with Crippen LogP contribution in [0.1, 0.15) is 36.1 Å². The Labute approximate surface area is 199 Å². The summed E-state index contributed by atoms with van der Waals surface area (Å²) in [4.78, 5) is 11.5. The average molecular weight is 482 g/mol. The smallest absolute Gasteiger partial charge is 0.323 e. The molecule has 33 heavy (non-hydrogen) atoms. The van der Waals surface area contributed by atoms with Gasteiger partial charge in [0, 0.05) is 4.75 Å². The Morgan fingerprint density at radius 3 is 1.85 bits per heavy atom. The third-order valence-electron chi connectivity index (χ3n) is 6.03. The van der Waals surface area contributed by atoms with Crippen LogP contribution in [0.5, 0.6) is 0 Å². The summed E-state index contributed by atoms with van der Waals surface area (Å²) >= 11 is 1.36. The Morgan fingerprint density at radius 1 is 0.848 bits per heavy atom. The SMILES string of the molecule is Cc1ccc(C2(c3ccccc3)SC(C)(C)C(C(=O)O)N2S(=O)(=O)c2ccc(C)cc2)cc1. The highest BCUT2D eigenvalue weighted by atomic mass is 32.2. The highest BCUT2D eigenvalue weighted by Gasteiger charge is 2.65. The molecule has 1 aliphatic heterocycles. The minimum absolute atomic E-state index is 0.0741. The number of carbonyl (C=O) groups is 1. The maximum absolute atomic E-state index is 14.2. The van der Waals surface area contributed by atoms with Crippen molar-refractivity contribution in [3.63, 3.8) is 0 Å². The van der Waals surface area contributed by atoms with Crippen LogP contribution in [0.2, 0.25) is 0 Å². The molecule has 5 nitrogen and oxygen atoms in total. The van der Waals surface area contributed by atoms with Gasteiger partial charge in [0.25, 0.3) is 0 Å². The molecule has 0 aromatic heterocycles. The molecule has 1 saturated heterocycles. The number of sulfonamides is 1. The molecule has 1 heterocycles. The maximum atomic E-state index is 14.2. The Hall–Kier alpha value is -2.61. The standard InChI is InChI=1S/C26H27NO4S2/c1-18-10-14-21(15-11-18)26(20-8-6-5-7-9-20)27(23(24(28)29)25(3,4)32-26)33(30,31)22-16-12-19(2)13-17-22/h5-17,23H,1-4H3,(H,28,29). The molecule has 7 heteroatoms. The van der Waals surface area contributed by atoms with Gasteiger partial charge in [-0.15, -0.1) is 11.8 Å². The van der Waals surface area contributed by atoms with Crippen LogP contribution in [0.15, 0.2) is 83.8 Å². The van der Waals surface area contributed by atoms with E-state index in [1.807, 2.05) is 68.4 Å². The molecule has 0 radical (unpaired) electrons. The lowest BCUT2D eigenvalue weighted by Gasteiger charge is -2.39. The van der Waals surface area contributed by atoms with Gasteiger partial charge in [0.05, 0.1) is 4.90 Å². The van der Waals surface area contributed by atoms with Gasteiger partial charge in [-0.2, -0.15) is 4.31 Å². The van der Waals surface area contributed by atoms with E-state index in [-0.39, 0.29) is 4.90 Å². The molecule has 0 aliphatic carbocycles. The summed E-state index contributed by atoms with van der Waals surface area (Å²) in [6.07, 6.45) is 0. The van der Waals surface area contributed by atoms with Crippen molar-refractivity contribution in [1.29, 1.82) is 0 Å². The van der Waals surface area contributed by atoms with Crippen molar-refractivity contribution in [2.45, 2.75) is 48.3 Å². The lowest BCUT2D eigenvalue weighted by Crippen LogP contribution is -2.54. The van der Waals surface area contributed by atoms with E-state index in [0.717, 1.165) is 16.7 Å². The van der Waals surface area contributed by atoms with Gasteiger partial charge >= 0.3 is 5.97 Å². The third kappa shape index (κ3) is 3.88. The predicted octanol–water partition coefficient (Wildman–Crippen LogP) is 5.17. The summed E-state index contributed by atoms with van der Waals surface area (Å²) in [6, 6.07) is 22.2. The highest BCUT2D eigenvalue weighted by molar-refractivity contribution is 8.03. The topological polar surface area (TPSA) is 74.7 Å². The number of carboxylic acids is 1. The Bertz CT molecular complexity index is 1270. The molecule has 0 bridgehead atoms. The van der Waals surface area contributed by atoms with E-state index < -0.39 is 31.7 Å². The van der Waals surface area contributed by atoms with E-state index in [9.17, 15) is 18.3 Å². The zero-order valence-corrected chi connectivity index (χ0v) is 20.7. The molecule has 1 N–H and O–H groups in total. The highest BCUT2D eigenvalue weighted by Crippen LogP contribution is 2.61. The van der Waals surface area contributed by atoms with Gasteiger partial charge in [0.15, 0.2) is 0 Å². The number of rotatable bonds is 5. The summed E-state index contributed by atoms with van der Waals surface area (Å²) in [5.74, 6) is -1.17. The Balaban J connectivity index is 2.09. The molecular weight excluding hydrogens is 454 g/mol. The van der Waals surface area contributed by atoms with Crippen molar-refractivity contribution < 1.29 is 18.3 Å². The molecule has 0 spiro atoms. The maximum Gasteiger partial charge on any atom is 0.323 e. The van der Waals surface area contributed by atoms with Gasteiger partial charge in [-0.25, -0.2) is 8.42 Å². The number of carboxylic acid groups (broad SMARTS) is 1. The molecule has 1 fully saturated rings. The summed E-state index contributed by atoms with van der Waals surface area (Å²) < 4.78 is 28.8. The first kappa shape index (κ1) is 23.5. The van der Waals surface area contributed by atoms with Crippen molar-refractivity contribution in [3.05, 3.63) is 101 Å². The molecule has 2 unspecified atom stereocenters. The van der Waals surface area contributed by atoms with Crippen LogP contribution in [0, 0.1) is 13.8 Å². The predicted molar refractivity (Wildman–Crippen MR) is 132 cm³/mol. The average Bonchev–Trinajstić information content (AvgIpc) is 3.04. The van der Waals surface area contributed by atoms with Crippen LogP contribution in [-0.4, -0.2) is 34.6 Å². The van der Waals surface area contributed by atoms with E-state index in [1.165, 1.54) is 16.1 Å². The van der Waals surface area contributed by atoms with Crippen molar-refractivity contribution in [3.8, 4) is 0 Å². The summed E-state index contributed by atoms with van der Waals surface area (Å²) in [5.41, 5.74) is 3.39. The second kappa shape index (κ2) is 8.31. The molecule has 2 atom stereocenters. The Morgan fingerprint density at radius 2 is 1.33 bits per heavy atom. The monoisotopic (exact) mass is 481 g/mol. The van der Waals surface area contributed by atoms with Gasteiger partial charge in [-0.05, 0) is 51.0 Å². The molecule has 1 aliphatic rings. The van der Waals surface area contributed by atoms with E-state index in [4.69, 9.17) is 0 Å². The van der Waals surface area contributed by atoms with Crippen LogP contribution >= 0.6 is 11.8 Å². The zero-order valence-electron chi connectivity index (χ0n) is 19.0. The van der Waals surface area contributed by atoms with E-state index in [2.05, 4.69) is 0 Å². The number of benzene rings is 3. The van der Waals surface area contributed by atoms with Gasteiger partial charge in [-0.3, -0.25) is 4.79 Å². The van der Waals surface area contributed by atoms with E-state index in [1.54, 1.807) is 38.1 Å². The molecule has 4 rings (SSSR count). The zero-order chi connectivity index (χ0) is 24.0. The van der Waals surface area contributed by atoms with Crippen LogP contribution in [0.25, 0.3) is 0 Å². The lowest BCUT2D eigenvalue weighted by molar-refractivity contribution is -0.142. The summed E-state index contributed by atoms with van der Waals surface area (Å²) in [6.45, 7) is 7.44. The first-order valence-corrected chi connectivity index (χ1v) is 12.9. The lowest BCUT2D eigenvalue weighted by atomic mass is 9.94. The molecule has 0 amide bonds. The Kier molecular flexibility index (Phi) is 5.93. The summed E-state index contributed by atoms with van der Waals surface area (Å²) in [5, 5.41) is 10.3. The number of aliphatic carboxylic acids is 1. The fourth-order valence-corrected chi connectivity index (χ4v) is 8.60. The van der Waals surface area contributed by atoms with E-state index in [0.29, 0.717) is 5.56 Å². The van der Waals surface area contributed by atoms with Crippen molar-refractivity contribution in [2.75, 3.05) is 0 Å². The van der Waals surface area contributed by atoms with Crippen LogP contribution in [0.3, 0.4) is 0 Å². The fraction of sp³-hybridized carbons (Fsp3) is 0.269. The number of aryl methyl sites for hydroxylation is 2. The second-order valence-electron chi connectivity index (χ2n) is 8.94. The van der Waals surface area contributed by atoms with Crippen molar-refractivity contribution in [2.24, 2.45) is 0 Å². The van der Waals surface area contributed by atoms with Crippen molar-refractivity contribution >= 4 is 27.8 Å². The first-order valence-electron chi connectivity index (χ1n) is 10.7. The van der Waals surface area contributed by atoms with Crippen LogP contribution in [0.4, 0.5) is 0 Å². The molecule has 3 aromatic rings. The van der Waals surface area contributed by atoms with Crippen LogP contribution < -0.4 is 0 Å². The first-order chi connectivity index (χ1) is 15.5. The van der Waals surface area contributed by atoms with Gasteiger partial charge in [0.2, 0.25) is 10.0 Å². The minimum atomic E-state index is -4.20. The normalized spacial score (nSPS) is 22.8. The quantitative estimate of drug-likeness (QED) is 0.544. The number of nitrogens with zero attached hydrogens (tertiary/aromatic N) is 1. The molecule has 3 aromatic carbocycles. The number of hydrogen-bond acceptors (Lipinski definition) is 4. The number of thioether (sulfide) groups is 1. The van der Waals surface area contributed by atoms with Crippen LogP contribution in [-0.2, 0) is 19.7 Å². The van der Waals surface area contributed by atoms with Crippen molar-refractivity contribution in [1.82, 2.24) is 4.31 Å². The summed E-state index contributed by atoms with van der Waals surface area (Å²) in [7, 11) is -4.20. The van der Waals surface area contributed by atoms with Gasteiger partial charge < -0.3 is 5.11 Å². The largest absolute Gasteiger partial charge is 0.480 e. The van der Waals surface area contributed by atoms with E-state index >= 15 is 0 Å². The molecule has 0 saturated carbocycles. The third-order valence-corrected chi connectivity index (χ3v) is 9.73. The minimum Gasteiger partial charge on any atom is -0.480 e. The van der Waals surface area contributed by atoms with Gasteiger partial charge in [-0.1, -0.05) is 77.9 Å². The molecule has 172 valence electrons. The second-order valence-corrected chi connectivity index (χ2v) is 12.6. The fourth-order valence-electron chi connectivity index (χ4n) is 4.46.